The van der Waals surface area contributed by atoms with Gasteiger partial charge in [0.15, 0.2) is 0 Å². The standard InChI is InChI=1S/C12H22N2O/c1-11(15)10-14(9-5-8-13)12-6-3-2-4-7-12/h11-12,15H,2-7,9-10H2,1H3. The number of rotatable bonds is 5. The van der Waals surface area contributed by atoms with E-state index in [1.165, 1.54) is 32.1 Å². The number of aliphatic hydroxyl groups is 1. The van der Waals surface area contributed by atoms with Crippen LogP contribution >= 0.6 is 0 Å². The molecule has 1 N–H and O–H groups in total. The summed E-state index contributed by atoms with van der Waals surface area (Å²) >= 11 is 0. The van der Waals surface area contributed by atoms with Crippen LogP contribution in [0.5, 0.6) is 0 Å². The van der Waals surface area contributed by atoms with Crippen molar-refractivity contribution in [3.63, 3.8) is 0 Å². The first-order valence-electron chi connectivity index (χ1n) is 6.03. The van der Waals surface area contributed by atoms with Gasteiger partial charge in [-0.2, -0.15) is 5.26 Å². The van der Waals surface area contributed by atoms with Crippen LogP contribution < -0.4 is 0 Å². The van der Waals surface area contributed by atoms with Gasteiger partial charge in [-0.15, -0.1) is 0 Å². The van der Waals surface area contributed by atoms with E-state index in [9.17, 15) is 5.11 Å². The summed E-state index contributed by atoms with van der Waals surface area (Å²) < 4.78 is 0. The highest BCUT2D eigenvalue weighted by Crippen LogP contribution is 2.22. The van der Waals surface area contributed by atoms with Crippen molar-refractivity contribution >= 4 is 0 Å². The molecule has 1 rings (SSSR count). The molecule has 0 heterocycles. The van der Waals surface area contributed by atoms with Crippen LogP contribution in [0.4, 0.5) is 0 Å². The predicted molar refractivity (Wildman–Crippen MR) is 60.4 cm³/mol. The smallest absolute Gasteiger partial charge is 0.0639 e. The van der Waals surface area contributed by atoms with Crippen molar-refractivity contribution in [3.05, 3.63) is 0 Å². The van der Waals surface area contributed by atoms with Crippen molar-refractivity contribution in [1.82, 2.24) is 4.90 Å². The van der Waals surface area contributed by atoms with E-state index < -0.39 is 0 Å². The molecular weight excluding hydrogens is 188 g/mol. The average Bonchev–Trinajstić information content (AvgIpc) is 2.25. The molecule has 1 aliphatic rings. The van der Waals surface area contributed by atoms with Crippen LogP contribution in [0.15, 0.2) is 0 Å². The topological polar surface area (TPSA) is 47.3 Å². The summed E-state index contributed by atoms with van der Waals surface area (Å²) in [6.45, 7) is 3.35. The third-order valence-electron chi connectivity index (χ3n) is 3.10. The molecule has 3 nitrogen and oxygen atoms in total. The maximum Gasteiger partial charge on any atom is 0.0639 e. The first kappa shape index (κ1) is 12.5. The lowest BCUT2D eigenvalue weighted by Crippen LogP contribution is -2.41. The fourth-order valence-electron chi connectivity index (χ4n) is 2.40. The van der Waals surface area contributed by atoms with Crippen molar-refractivity contribution in [1.29, 1.82) is 5.26 Å². The Bertz CT molecular complexity index is 204. The van der Waals surface area contributed by atoms with E-state index in [2.05, 4.69) is 11.0 Å². The fourth-order valence-corrected chi connectivity index (χ4v) is 2.40. The van der Waals surface area contributed by atoms with E-state index in [4.69, 9.17) is 5.26 Å². The Morgan fingerprint density at radius 2 is 2.07 bits per heavy atom. The number of nitrogens with zero attached hydrogens (tertiary/aromatic N) is 2. The third-order valence-corrected chi connectivity index (χ3v) is 3.10. The summed E-state index contributed by atoms with van der Waals surface area (Å²) in [5.41, 5.74) is 0. The summed E-state index contributed by atoms with van der Waals surface area (Å²) in [5.74, 6) is 0. The van der Waals surface area contributed by atoms with Gasteiger partial charge in [0.05, 0.1) is 12.2 Å². The molecule has 0 aliphatic heterocycles. The number of nitriles is 1. The van der Waals surface area contributed by atoms with Gasteiger partial charge in [0, 0.05) is 25.6 Å². The molecule has 1 atom stereocenters. The molecule has 0 aromatic rings. The Kier molecular flexibility index (Phi) is 5.67. The molecule has 0 amide bonds. The lowest BCUT2D eigenvalue weighted by molar-refractivity contribution is 0.0841. The minimum Gasteiger partial charge on any atom is -0.392 e. The highest BCUT2D eigenvalue weighted by atomic mass is 16.3. The summed E-state index contributed by atoms with van der Waals surface area (Å²) in [6, 6.07) is 2.79. The van der Waals surface area contributed by atoms with Gasteiger partial charge in [-0.1, -0.05) is 19.3 Å². The molecule has 0 saturated heterocycles. The van der Waals surface area contributed by atoms with Crippen LogP contribution in [0.1, 0.15) is 45.4 Å². The molecule has 1 unspecified atom stereocenters. The van der Waals surface area contributed by atoms with E-state index in [-0.39, 0.29) is 6.10 Å². The Hall–Kier alpha value is -0.590. The SMILES string of the molecule is CC(O)CN(CCC#N)C1CCCCC1. The molecule has 0 aromatic heterocycles. The molecule has 15 heavy (non-hydrogen) atoms. The van der Waals surface area contributed by atoms with Gasteiger partial charge in [0.2, 0.25) is 0 Å². The fraction of sp³-hybridized carbons (Fsp3) is 0.917. The molecule has 86 valence electrons. The van der Waals surface area contributed by atoms with Crippen molar-refractivity contribution in [2.24, 2.45) is 0 Å². The van der Waals surface area contributed by atoms with Gasteiger partial charge in [0.1, 0.15) is 0 Å². The third kappa shape index (κ3) is 4.63. The second-order valence-corrected chi connectivity index (χ2v) is 4.54. The first-order valence-corrected chi connectivity index (χ1v) is 6.03. The van der Waals surface area contributed by atoms with E-state index >= 15 is 0 Å². The van der Waals surface area contributed by atoms with Crippen molar-refractivity contribution in [2.75, 3.05) is 13.1 Å². The minimum atomic E-state index is -0.286. The summed E-state index contributed by atoms with van der Waals surface area (Å²) in [4.78, 5) is 2.30. The highest BCUT2D eigenvalue weighted by Gasteiger charge is 2.21. The number of hydrogen-bond acceptors (Lipinski definition) is 3. The zero-order chi connectivity index (χ0) is 11.1. The monoisotopic (exact) mass is 210 g/mol. The Balaban J connectivity index is 2.42. The molecule has 1 saturated carbocycles. The zero-order valence-corrected chi connectivity index (χ0v) is 9.65. The van der Waals surface area contributed by atoms with Gasteiger partial charge in [-0.05, 0) is 19.8 Å². The maximum absolute atomic E-state index is 9.43. The van der Waals surface area contributed by atoms with Crippen molar-refractivity contribution < 1.29 is 5.11 Å². The first-order chi connectivity index (χ1) is 7.24. The van der Waals surface area contributed by atoms with Crippen LogP contribution in [-0.4, -0.2) is 35.2 Å². The van der Waals surface area contributed by atoms with E-state index in [0.29, 0.717) is 19.0 Å². The largest absolute Gasteiger partial charge is 0.392 e. The van der Waals surface area contributed by atoms with Gasteiger partial charge in [-0.25, -0.2) is 0 Å². The Labute approximate surface area is 92.7 Å². The lowest BCUT2D eigenvalue weighted by atomic mass is 9.94. The van der Waals surface area contributed by atoms with Crippen LogP contribution in [0, 0.1) is 11.3 Å². The molecule has 1 fully saturated rings. The van der Waals surface area contributed by atoms with Gasteiger partial charge in [-0.3, -0.25) is 4.90 Å². The quantitative estimate of drug-likeness (QED) is 0.754. The molecular formula is C12H22N2O. The maximum atomic E-state index is 9.43. The molecule has 0 bridgehead atoms. The van der Waals surface area contributed by atoms with Crippen LogP contribution in [0.2, 0.25) is 0 Å². The molecule has 0 spiro atoms. The predicted octanol–water partition coefficient (Wildman–Crippen LogP) is 1.92. The van der Waals surface area contributed by atoms with Gasteiger partial charge in [0.25, 0.3) is 0 Å². The second kappa shape index (κ2) is 6.81. The summed E-state index contributed by atoms with van der Waals surface area (Å²) in [7, 11) is 0. The van der Waals surface area contributed by atoms with Crippen LogP contribution in [-0.2, 0) is 0 Å². The average molecular weight is 210 g/mol. The molecule has 0 aromatic carbocycles. The van der Waals surface area contributed by atoms with E-state index in [1.807, 2.05) is 6.92 Å². The minimum absolute atomic E-state index is 0.286. The number of aliphatic hydroxyl groups excluding tert-OH is 1. The normalized spacial score (nSPS) is 20.1. The summed E-state index contributed by atoms with van der Waals surface area (Å²) in [6.07, 6.45) is 6.70. The molecule has 1 aliphatic carbocycles. The summed E-state index contributed by atoms with van der Waals surface area (Å²) in [5, 5.41) is 18.0. The van der Waals surface area contributed by atoms with Crippen LogP contribution in [0.25, 0.3) is 0 Å². The highest BCUT2D eigenvalue weighted by molar-refractivity contribution is 4.80. The molecule has 0 radical (unpaired) electrons. The number of hydrogen-bond donors (Lipinski definition) is 1. The van der Waals surface area contributed by atoms with Crippen LogP contribution in [0.3, 0.4) is 0 Å². The van der Waals surface area contributed by atoms with E-state index in [1.54, 1.807) is 0 Å². The Morgan fingerprint density at radius 3 is 2.60 bits per heavy atom. The van der Waals surface area contributed by atoms with Gasteiger partial charge >= 0.3 is 0 Å². The zero-order valence-electron chi connectivity index (χ0n) is 9.65. The van der Waals surface area contributed by atoms with Crippen molar-refractivity contribution in [3.8, 4) is 6.07 Å². The van der Waals surface area contributed by atoms with Gasteiger partial charge < -0.3 is 5.11 Å². The second-order valence-electron chi connectivity index (χ2n) is 4.54. The Morgan fingerprint density at radius 1 is 1.40 bits per heavy atom. The van der Waals surface area contributed by atoms with E-state index in [0.717, 1.165) is 6.54 Å². The lowest BCUT2D eigenvalue weighted by Gasteiger charge is -2.34. The van der Waals surface area contributed by atoms with Crippen molar-refractivity contribution in [2.45, 2.75) is 57.6 Å². The molecule has 3 heteroatoms.